The molecule has 132 valence electrons. The molecule has 25 heavy (non-hydrogen) atoms. The van der Waals surface area contributed by atoms with Crippen molar-refractivity contribution >= 4 is 17.5 Å². The van der Waals surface area contributed by atoms with Gasteiger partial charge in [-0.3, -0.25) is 9.69 Å². The third kappa shape index (κ3) is 3.65. The first kappa shape index (κ1) is 16.4. The van der Waals surface area contributed by atoms with Gasteiger partial charge in [0.15, 0.2) is 6.73 Å². The number of benzene rings is 1. The lowest BCUT2D eigenvalue weighted by Gasteiger charge is -2.37. The number of hydrogen-bond donors (Lipinski definition) is 0. The Hall–Kier alpha value is -2.05. The van der Waals surface area contributed by atoms with E-state index >= 15 is 0 Å². The molecule has 3 heterocycles. The van der Waals surface area contributed by atoms with E-state index in [4.69, 9.17) is 16.3 Å². The van der Waals surface area contributed by atoms with Crippen molar-refractivity contribution in [2.75, 3.05) is 26.2 Å². The molecule has 0 aliphatic carbocycles. The smallest absolute Gasteiger partial charge is 0.254 e. The van der Waals surface area contributed by atoms with Gasteiger partial charge < -0.3 is 9.64 Å². The molecule has 2 aliphatic rings. The lowest BCUT2D eigenvalue weighted by molar-refractivity contribution is 0.0571. The lowest BCUT2D eigenvalue weighted by atomic mass is 10.1. The molecule has 2 fully saturated rings. The Bertz CT molecular complexity index is 763. The molecule has 4 rings (SSSR count). The highest BCUT2D eigenvalue weighted by Crippen LogP contribution is 2.23. The number of ether oxygens (including phenoxy) is 1. The van der Waals surface area contributed by atoms with Crippen molar-refractivity contribution in [3.05, 3.63) is 47.2 Å². The first-order valence-electron chi connectivity index (χ1n) is 8.63. The predicted octanol–water partition coefficient (Wildman–Crippen LogP) is 2.49. The summed E-state index contributed by atoms with van der Waals surface area (Å²) in [6.07, 6.45) is 5.69. The molecule has 2 aromatic rings. The topological polar surface area (TPSA) is 50.6 Å². The minimum atomic E-state index is 0.0825. The van der Waals surface area contributed by atoms with Crippen LogP contribution in [0.25, 0.3) is 0 Å². The molecule has 0 spiro atoms. The maximum absolute atomic E-state index is 12.8. The highest BCUT2D eigenvalue weighted by Gasteiger charge is 2.32. The van der Waals surface area contributed by atoms with Crippen LogP contribution in [0.15, 0.2) is 36.7 Å². The summed E-state index contributed by atoms with van der Waals surface area (Å²) in [5.41, 5.74) is 0.669. The van der Waals surface area contributed by atoms with E-state index in [2.05, 4.69) is 10.00 Å². The van der Waals surface area contributed by atoms with Gasteiger partial charge in [0.05, 0.1) is 11.2 Å². The summed E-state index contributed by atoms with van der Waals surface area (Å²) in [4.78, 5) is 17.3. The maximum atomic E-state index is 12.8. The first-order valence-corrected chi connectivity index (χ1v) is 9.01. The van der Waals surface area contributed by atoms with Crippen molar-refractivity contribution in [2.45, 2.75) is 25.6 Å². The van der Waals surface area contributed by atoms with Gasteiger partial charge in [-0.25, -0.2) is 4.68 Å². The highest BCUT2D eigenvalue weighted by molar-refractivity contribution is 6.30. The molecule has 2 saturated heterocycles. The average molecular weight is 361 g/mol. The van der Waals surface area contributed by atoms with Crippen molar-refractivity contribution in [3.63, 3.8) is 0 Å². The third-order valence-electron chi connectivity index (χ3n) is 4.92. The fourth-order valence-electron chi connectivity index (χ4n) is 3.63. The maximum Gasteiger partial charge on any atom is 0.254 e. The van der Waals surface area contributed by atoms with Gasteiger partial charge in [0.2, 0.25) is 0 Å². The molecule has 1 unspecified atom stereocenters. The van der Waals surface area contributed by atoms with Crippen molar-refractivity contribution in [3.8, 4) is 5.75 Å². The molecular formula is C18H21ClN4O2. The Morgan fingerprint density at radius 3 is 3.08 bits per heavy atom. The van der Waals surface area contributed by atoms with Gasteiger partial charge in [-0.15, -0.1) is 0 Å². The molecule has 2 aliphatic heterocycles. The van der Waals surface area contributed by atoms with Crippen LogP contribution in [-0.4, -0.2) is 57.7 Å². The molecule has 0 saturated carbocycles. The summed E-state index contributed by atoms with van der Waals surface area (Å²) >= 11 is 5.84. The first-order chi connectivity index (χ1) is 12.2. The number of aromatic nitrogens is 2. The van der Waals surface area contributed by atoms with Crippen molar-refractivity contribution in [1.82, 2.24) is 19.6 Å². The Morgan fingerprint density at radius 1 is 1.32 bits per heavy atom. The molecule has 6 nitrogen and oxygen atoms in total. The van der Waals surface area contributed by atoms with Gasteiger partial charge in [0, 0.05) is 37.4 Å². The number of piperazine rings is 1. The molecule has 0 bridgehead atoms. The van der Waals surface area contributed by atoms with E-state index in [1.165, 1.54) is 19.4 Å². The van der Waals surface area contributed by atoms with Gasteiger partial charge >= 0.3 is 0 Å². The van der Waals surface area contributed by atoms with E-state index in [9.17, 15) is 4.79 Å². The highest BCUT2D eigenvalue weighted by atomic mass is 35.5. The fraction of sp³-hybridized carbons (Fsp3) is 0.444. The standard InChI is InChI=1S/C18H21ClN4O2/c19-15-10-20-23(11-15)13-25-17-5-1-3-14(9-17)18(24)22-8-7-21-6-2-4-16(21)12-22/h1,3,5,9-11,16H,2,4,6-8,12-13H2. The largest absolute Gasteiger partial charge is 0.471 e. The lowest BCUT2D eigenvalue weighted by Crippen LogP contribution is -2.52. The van der Waals surface area contributed by atoms with E-state index in [0.717, 1.165) is 19.6 Å². The fourth-order valence-corrected chi connectivity index (χ4v) is 3.78. The van der Waals surface area contributed by atoms with Crippen LogP contribution in [0.5, 0.6) is 5.75 Å². The van der Waals surface area contributed by atoms with Gasteiger partial charge in [0.1, 0.15) is 5.75 Å². The van der Waals surface area contributed by atoms with E-state index in [-0.39, 0.29) is 12.6 Å². The molecule has 1 aromatic heterocycles. The normalized spacial score (nSPS) is 20.5. The van der Waals surface area contributed by atoms with Crippen LogP contribution < -0.4 is 4.74 Å². The number of hydrogen-bond acceptors (Lipinski definition) is 4. The van der Waals surface area contributed by atoms with Crippen LogP contribution in [0.4, 0.5) is 0 Å². The number of carbonyl (C=O) groups is 1. The summed E-state index contributed by atoms with van der Waals surface area (Å²) in [7, 11) is 0. The van der Waals surface area contributed by atoms with E-state index in [1.807, 2.05) is 23.1 Å². The summed E-state index contributed by atoms with van der Waals surface area (Å²) in [6, 6.07) is 7.87. The van der Waals surface area contributed by atoms with E-state index in [1.54, 1.807) is 23.1 Å². The summed E-state index contributed by atoms with van der Waals surface area (Å²) < 4.78 is 7.32. The molecule has 0 radical (unpaired) electrons. The predicted molar refractivity (Wildman–Crippen MR) is 94.8 cm³/mol. The monoisotopic (exact) mass is 360 g/mol. The zero-order valence-electron chi connectivity index (χ0n) is 14.0. The summed E-state index contributed by atoms with van der Waals surface area (Å²) in [6.45, 7) is 4.03. The van der Waals surface area contributed by atoms with Crippen molar-refractivity contribution in [2.24, 2.45) is 0 Å². The number of rotatable bonds is 4. The Balaban J connectivity index is 1.40. The van der Waals surface area contributed by atoms with E-state index < -0.39 is 0 Å². The summed E-state index contributed by atoms with van der Waals surface area (Å²) in [5.74, 6) is 0.733. The van der Waals surface area contributed by atoms with Crippen LogP contribution >= 0.6 is 11.6 Å². The van der Waals surface area contributed by atoms with Crippen LogP contribution in [0.3, 0.4) is 0 Å². The third-order valence-corrected chi connectivity index (χ3v) is 5.12. The van der Waals surface area contributed by atoms with Crippen molar-refractivity contribution < 1.29 is 9.53 Å². The average Bonchev–Trinajstić information content (AvgIpc) is 3.27. The molecule has 7 heteroatoms. The van der Waals surface area contributed by atoms with Crippen molar-refractivity contribution in [1.29, 1.82) is 0 Å². The minimum absolute atomic E-state index is 0.0825. The van der Waals surface area contributed by atoms with Crippen LogP contribution in [-0.2, 0) is 6.73 Å². The van der Waals surface area contributed by atoms with E-state index in [0.29, 0.717) is 22.4 Å². The van der Waals surface area contributed by atoms with Gasteiger partial charge in [0.25, 0.3) is 5.91 Å². The molecule has 1 amide bonds. The number of amides is 1. The number of carbonyl (C=O) groups excluding carboxylic acids is 1. The van der Waals surface area contributed by atoms with Gasteiger partial charge in [-0.1, -0.05) is 17.7 Å². The SMILES string of the molecule is O=C(c1cccc(OCn2cc(Cl)cn2)c1)N1CCN2CCCC2C1. The zero-order chi connectivity index (χ0) is 17.2. The number of nitrogens with zero attached hydrogens (tertiary/aromatic N) is 4. The Morgan fingerprint density at radius 2 is 2.24 bits per heavy atom. The quantitative estimate of drug-likeness (QED) is 0.840. The minimum Gasteiger partial charge on any atom is -0.471 e. The Labute approximate surface area is 151 Å². The summed E-state index contributed by atoms with van der Waals surface area (Å²) in [5, 5.41) is 4.64. The second kappa shape index (κ2) is 7.06. The number of halogens is 1. The Kier molecular flexibility index (Phi) is 4.63. The van der Waals surface area contributed by atoms with Crippen LogP contribution in [0.2, 0.25) is 5.02 Å². The van der Waals surface area contributed by atoms with Gasteiger partial charge in [-0.2, -0.15) is 5.10 Å². The second-order valence-electron chi connectivity index (χ2n) is 6.58. The zero-order valence-corrected chi connectivity index (χ0v) is 14.7. The molecular weight excluding hydrogens is 340 g/mol. The molecule has 1 atom stereocenters. The van der Waals surface area contributed by atoms with Crippen LogP contribution in [0.1, 0.15) is 23.2 Å². The molecule has 1 aromatic carbocycles. The second-order valence-corrected chi connectivity index (χ2v) is 7.02. The van der Waals surface area contributed by atoms with Gasteiger partial charge in [-0.05, 0) is 37.6 Å². The number of fused-ring (bicyclic) bond motifs is 1. The van der Waals surface area contributed by atoms with Crippen LogP contribution in [0, 0.1) is 0 Å². The molecule has 0 N–H and O–H groups in total.